The summed E-state index contributed by atoms with van der Waals surface area (Å²) >= 11 is 2.89. The molecule has 0 unspecified atom stereocenters. The third kappa shape index (κ3) is 3.47. The molecule has 5 nitrogen and oxygen atoms in total. The summed E-state index contributed by atoms with van der Waals surface area (Å²) in [5, 5.41) is 1.13. The van der Waals surface area contributed by atoms with Gasteiger partial charge in [-0.25, -0.2) is 4.98 Å². The normalized spacial score (nSPS) is 11.0. The molecule has 0 bridgehead atoms. The first-order valence-corrected chi connectivity index (χ1v) is 8.87. The molecular formula is C14H18N2O3S2. The lowest BCUT2D eigenvalue weighted by Crippen LogP contribution is -2.27. The predicted molar refractivity (Wildman–Crippen MR) is 86.3 cm³/mol. The van der Waals surface area contributed by atoms with E-state index in [-0.39, 0.29) is 12.1 Å². The molecule has 0 saturated carbocycles. The summed E-state index contributed by atoms with van der Waals surface area (Å²) in [4.78, 5) is 30.7. The SMILES string of the molecule is CCCOC(=O)Cn1c(SC)nc2sc(CC)cc2c1=O. The highest BCUT2D eigenvalue weighted by Gasteiger charge is 2.16. The fourth-order valence-corrected chi connectivity index (χ4v) is 3.47. The lowest BCUT2D eigenvalue weighted by molar-refractivity contribution is -0.144. The van der Waals surface area contributed by atoms with E-state index in [1.165, 1.54) is 27.7 Å². The Bertz CT molecular complexity index is 706. The molecule has 7 heteroatoms. The monoisotopic (exact) mass is 326 g/mol. The van der Waals surface area contributed by atoms with Gasteiger partial charge in [-0.3, -0.25) is 14.2 Å². The molecular weight excluding hydrogens is 308 g/mol. The maximum absolute atomic E-state index is 12.6. The zero-order chi connectivity index (χ0) is 15.4. The Morgan fingerprint density at radius 3 is 2.86 bits per heavy atom. The summed E-state index contributed by atoms with van der Waals surface area (Å²) in [6.07, 6.45) is 3.47. The smallest absolute Gasteiger partial charge is 0.326 e. The van der Waals surface area contributed by atoms with E-state index in [4.69, 9.17) is 4.74 Å². The number of hydrogen-bond acceptors (Lipinski definition) is 6. The van der Waals surface area contributed by atoms with Crippen LogP contribution in [0.4, 0.5) is 0 Å². The molecule has 114 valence electrons. The van der Waals surface area contributed by atoms with Crippen LogP contribution in [0.1, 0.15) is 25.1 Å². The minimum atomic E-state index is -0.402. The number of rotatable bonds is 6. The van der Waals surface area contributed by atoms with Gasteiger partial charge in [-0.1, -0.05) is 25.6 Å². The largest absolute Gasteiger partial charge is 0.464 e. The van der Waals surface area contributed by atoms with Crippen molar-refractivity contribution < 1.29 is 9.53 Å². The van der Waals surface area contributed by atoms with Crippen molar-refractivity contribution in [2.75, 3.05) is 12.9 Å². The van der Waals surface area contributed by atoms with Crippen molar-refractivity contribution >= 4 is 39.3 Å². The molecule has 0 aromatic carbocycles. The number of esters is 1. The first-order chi connectivity index (χ1) is 10.1. The van der Waals surface area contributed by atoms with Crippen molar-refractivity contribution in [2.24, 2.45) is 0 Å². The average molecular weight is 326 g/mol. The molecule has 0 radical (unpaired) electrons. The van der Waals surface area contributed by atoms with Crippen molar-refractivity contribution in [1.29, 1.82) is 0 Å². The van der Waals surface area contributed by atoms with Gasteiger partial charge in [0.1, 0.15) is 11.4 Å². The van der Waals surface area contributed by atoms with Gasteiger partial charge >= 0.3 is 5.97 Å². The van der Waals surface area contributed by atoms with Gasteiger partial charge in [0.15, 0.2) is 5.16 Å². The lowest BCUT2D eigenvalue weighted by atomic mass is 10.3. The highest BCUT2D eigenvalue weighted by molar-refractivity contribution is 7.98. The van der Waals surface area contributed by atoms with E-state index in [0.717, 1.165) is 22.5 Å². The van der Waals surface area contributed by atoms with Crippen LogP contribution in [0.3, 0.4) is 0 Å². The van der Waals surface area contributed by atoms with Crippen molar-refractivity contribution in [3.63, 3.8) is 0 Å². The number of hydrogen-bond donors (Lipinski definition) is 0. The average Bonchev–Trinajstić information content (AvgIpc) is 2.91. The quantitative estimate of drug-likeness (QED) is 0.464. The third-order valence-electron chi connectivity index (χ3n) is 2.95. The predicted octanol–water partition coefficient (Wildman–Crippen LogP) is 2.70. The highest BCUT2D eigenvalue weighted by Crippen LogP contribution is 2.24. The van der Waals surface area contributed by atoms with Gasteiger partial charge in [0.2, 0.25) is 0 Å². The van der Waals surface area contributed by atoms with Gasteiger partial charge < -0.3 is 4.74 Å². The Balaban J connectivity index is 2.43. The molecule has 2 rings (SSSR count). The topological polar surface area (TPSA) is 61.2 Å². The first kappa shape index (κ1) is 16.0. The van der Waals surface area contributed by atoms with Crippen LogP contribution >= 0.6 is 23.1 Å². The summed E-state index contributed by atoms with van der Waals surface area (Å²) in [5.74, 6) is -0.402. The number of carbonyl (C=O) groups excluding carboxylic acids is 1. The van der Waals surface area contributed by atoms with Crippen molar-refractivity contribution in [3.05, 3.63) is 21.3 Å². The number of aryl methyl sites for hydroxylation is 1. The van der Waals surface area contributed by atoms with Crippen molar-refractivity contribution in [3.8, 4) is 0 Å². The van der Waals surface area contributed by atoms with Crippen LogP contribution in [-0.2, 0) is 22.5 Å². The number of nitrogens with zero attached hydrogens (tertiary/aromatic N) is 2. The van der Waals surface area contributed by atoms with Crippen LogP contribution < -0.4 is 5.56 Å². The number of aromatic nitrogens is 2. The fourth-order valence-electron chi connectivity index (χ4n) is 1.91. The van der Waals surface area contributed by atoms with Gasteiger partial charge in [-0.15, -0.1) is 11.3 Å². The van der Waals surface area contributed by atoms with Crippen LogP contribution in [0.2, 0.25) is 0 Å². The Labute approximate surface area is 131 Å². The molecule has 0 aliphatic rings. The van der Waals surface area contributed by atoms with Crippen molar-refractivity contribution in [2.45, 2.75) is 38.4 Å². The molecule has 0 aliphatic carbocycles. The molecule has 21 heavy (non-hydrogen) atoms. The fraction of sp³-hybridized carbons (Fsp3) is 0.500. The molecule has 0 spiro atoms. The Morgan fingerprint density at radius 2 is 2.24 bits per heavy atom. The van der Waals surface area contributed by atoms with E-state index in [0.29, 0.717) is 17.1 Å². The van der Waals surface area contributed by atoms with Gasteiger partial charge in [-0.05, 0) is 25.2 Å². The Kier molecular flexibility index (Phi) is 5.41. The van der Waals surface area contributed by atoms with Crippen molar-refractivity contribution in [1.82, 2.24) is 9.55 Å². The summed E-state index contributed by atoms with van der Waals surface area (Å²) < 4.78 is 6.45. The van der Waals surface area contributed by atoms with Gasteiger partial charge in [0.05, 0.1) is 12.0 Å². The van der Waals surface area contributed by atoms with Crippen LogP contribution in [0.15, 0.2) is 16.0 Å². The van der Waals surface area contributed by atoms with E-state index < -0.39 is 5.97 Å². The molecule has 2 aromatic rings. The molecule has 0 atom stereocenters. The van der Waals surface area contributed by atoms with Gasteiger partial charge in [0.25, 0.3) is 5.56 Å². The standard InChI is InChI=1S/C14H18N2O3S2/c1-4-6-19-11(17)8-16-13(18)10-7-9(5-2)21-12(10)15-14(16)20-3/h7H,4-6,8H2,1-3H3. The Morgan fingerprint density at radius 1 is 1.48 bits per heavy atom. The van der Waals surface area contributed by atoms with E-state index in [1.54, 1.807) is 0 Å². The molecule has 0 fully saturated rings. The lowest BCUT2D eigenvalue weighted by Gasteiger charge is -2.09. The van der Waals surface area contributed by atoms with Crippen LogP contribution in [-0.4, -0.2) is 28.4 Å². The molecule has 0 saturated heterocycles. The van der Waals surface area contributed by atoms with Crippen LogP contribution in [0.25, 0.3) is 10.2 Å². The molecule has 0 amide bonds. The zero-order valence-corrected chi connectivity index (χ0v) is 14.0. The maximum atomic E-state index is 12.6. The second-order valence-electron chi connectivity index (χ2n) is 4.50. The molecule has 2 aromatic heterocycles. The number of ether oxygens (including phenoxy) is 1. The maximum Gasteiger partial charge on any atom is 0.326 e. The summed E-state index contributed by atoms with van der Waals surface area (Å²) in [6, 6.07) is 1.87. The second kappa shape index (κ2) is 7.09. The van der Waals surface area contributed by atoms with Crippen LogP contribution in [0, 0.1) is 0 Å². The third-order valence-corrected chi connectivity index (χ3v) is 4.80. The first-order valence-electron chi connectivity index (χ1n) is 6.83. The van der Waals surface area contributed by atoms with E-state index >= 15 is 0 Å². The van der Waals surface area contributed by atoms with E-state index in [2.05, 4.69) is 4.98 Å². The van der Waals surface area contributed by atoms with E-state index in [1.807, 2.05) is 26.2 Å². The number of thioether (sulfide) groups is 1. The van der Waals surface area contributed by atoms with Crippen LogP contribution in [0.5, 0.6) is 0 Å². The summed E-state index contributed by atoms with van der Waals surface area (Å²) in [6.45, 7) is 4.25. The minimum absolute atomic E-state index is 0.0880. The zero-order valence-electron chi connectivity index (χ0n) is 12.3. The minimum Gasteiger partial charge on any atom is -0.464 e. The summed E-state index contributed by atoms with van der Waals surface area (Å²) in [5.41, 5.74) is -0.172. The second-order valence-corrected chi connectivity index (χ2v) is 6.38. The number of fused-ring (bicyclic) bond motifs is 1. The Hall–Kier alpha value is -1.34. The molecule has 2 heterocycles. The van der Waals surface area contributed by atoms with Gasteiger partial charge in [0, 0.05) is 4.88 Å². The molecule has 0 N–H and O–H groups in total. The van der Waals surface area contributed by atoms with E-state index in [9.17, 15) is 9.59 Å². The number of thiophene rings is 1. The van der Waals surface area contributed by atoms with Gasteiger partial charge in [-0.2, -0.15) is 0 Å². The summed E-state index contributed by atoms with van der Waals surface area (Å²) in [7, 11) is 0. The number of carbonyl (C=O) groups is 1. The highest BCUT2D eigenvalue weighted by atomic mass is 32.2. The molecule has 0 aliphatic heterocycles.